The number of benzene rings is 1. The number of amides is 3. The first kappa shape index (κ1) is 17.2. The van der Waals surface area contributed by atoms with E-state index >= 15 is 0 Å². The molecule has 0 saturated heterocycles. The van der Waals surface area contributed by atoms with E-state index in [1.165, 1.54) is 13.2 Å². The molecule has 0 spiro atoms. The highest BCUT2D eigenvalue weighted by Gasteiger charge is 2.32. The maximum Gasteiger partial charge on any atom is 0.262 e. The monoisotopic (exact) mass is 356 g/mol. The Hall–Kier alpha value is -3.62. The van der Waals surface area contributed by atoms with Crippen LogP contribution < -0.4 is 26.7 Å². The van der Waals surface area contributed by atoms with Gasteiger partial charge in [0, 0.05) is 18.2 Å². The number of anilines is 2. The maximum absolute atomic E-state index is 12.6. The number of pyridine rings is 1. The first-order valence-electron chi connectivity index (χ1n) is 7.76. The van der Waals surface area contributed by atoms with Crippen molar-refractivity contribution in [2.24, 2.45) is 0 Å². The van der Waals surface area contributed by atoms with Gasteiger partial charge in [-0.3, -0.25) is 29.1 Å². The third kappa shape index (κ3) is 2.69. The molecule has 1 aliphatic rings. The minimum absolute atomic E-state index is 0.0665. The first-order chi connectivity index (χ1) is 12.4. The highest BCUT2D eigenvalue weighted by molar-refractivity contribution is 6.23. The molecule has 3 rings (SSSR count). The normalized spacial score (nSPS) is 12.5. The van der Waals surface area contributed by atoms with Crippen molar-refractivity contribution < 1.29 is 19.1 Å². The van der Waals surface area contributed by atoms with E-state index in [9.17, 15) is 19.2 Å². The second-order valence-electron chi connectivity index (χ2n) is 5.56. The zero-order chi connectivity index (χ0) is 19.0. The molecule has 0 aliphatic carbocycles. The second kappa shape index (κ2) is 6.36. The molecule has 9 nitrogen and oxygen atoms in total. The van der Waals surface area contributed by atoms with Crippen LogP contribution in [0.3, 0.4) is 0 Å². The molecule has 2 aromatic rings. The Balaban J connectivity index is 2.24. The van der Waals surface area contributed by atoms with Gasteiger partial charge < -0.3 is 15.8 Å². The summed E-state index contributed by atoms with van der Waals surface area (Å²) in [6.07, 6.45) is 0.282. The summed E-state index contributed by atoms with van der Waals surface area (Å²) < 4.78 is 6.33. The van der Waals surface area contributed by atoms with E-state index in [0.29, 0.717) is 11.4 Å². The molecular formula is C17H16N4O5. The lowest BCUT2D eigenvalue weighted by atomic mass is 10.1. The molecule has 0 fully saturated rings. The number of hydrogen-bond donors (Lipinski definition) is 3. The van der Waals surface area contributed by atoms with E-state index in [1.54, 1.807) is 19.1 Å². The number of fused-ring (bicyclic) bond motifs is 1. The number of imide groups is 1. The van der Waals surface area contributed by atoms with E-state index in [0.717, 1.165) is 10.6 Å². The summed E-state index contributed by atoms with van der Waals surface area (Å²) in [7, 11) is 1.41. The van der Waals surface area contributed by atoms with Crippen LogP contribution in [0.2, 0.25) is 0 Å². The van der Waals surface area contributed by atoms with Crippen LogP contribution in [0.4, 0.5) is 11.5 Å². The molecule has 0 atom stereocenters. The average Bonchev–Trinajstić information content (AvgIpc) is 2.89. The fraction of sp³-hybridized carbons (Fsp3) is 0.176. The molecule has 0 unspecified atom stereocenters. The predicted molar refractivity (Wildman–Crippen MR) is 93.7 cm³/mol. The predicted octanol–water partition coefficient (Wildman–Crippen LogP) is 0.660. The molecule has 4 N–H and O–H groups in total. The maximum atomic E-state index is 12.6. The fourth-order valence-electron chi connectivity index (χ4n) is 2.72. The van der Waals surface area contributed by atoms with Gasteiger partial charge in [0.05, 0.1) is 23.9 Å². The third-order valence-electron chi connectivity index (χ3n) is 3.98. The Morgan fingerprint density at radius 3 is 2.62 bits per heavy atom. The van der Waals surface area contributed by atoms with Crippen molar-refractivity contribution in [2.45, 2.75) is 13.3 Å². The van der Waals surface area contributed by atoms with E-state index in [2.05, 4.69) is 10.6 Å². The van der Waals surface area contributed by atoms with Crippen LogP contribution in [0.25, 0.3) is 5.69 Å². The molecule has 0 radical (unpaired) electrons. The molecule has 26 heavy (non-hydrogen) atoms. The molecule has 3 amide bonds. The number of methoxy groups -OCH3 is 1. The molecule has 1 aliphatic heterocycles. The van der Waals surface area contributed by atoms with Gasteiger partial charge in [0.1, 0.15) is 11.6 Å². The second-order valence-corrected chi connectivity index (χ2v) is 5.56. The van der Waals surface area contributed by atoms with Gasteiger partial charge in [0.2, 0.25) is 5.91 Å². The summed E-state index contributed by atoms with van der Waals surface area (Å²) in [5.74, 6) is -1.44. The molecule has 9 heteroatoms. The van der Waals surface area contributed by atoms with Crippen molar-refractivity contribution in [1.29, 1.82) is 0 Å². The Morgan fingerprint density at radius 2 is 1.96 bits per heavy atom. The number of carbonyl (C=O) groups excluding carboxylic acids is 3. The molecule has 134 valence electrons. The van der Waals surface area contributed by atoms with Crippen molar-refractivity contribution in [2.75, 3.05) is 18.2 Å². The summed E-state index contributed by atoms with van der Waals surface area (Å²) in [6.45, 7) is 1.71. The fourth-order valence-corrected chi connectivity index (χ4v) is 2.72. The number of hydrogen-bond acceptors (Lipinski definition) is 6. The molecule has 2 heterocycles. The molecule has 0 saturated carbocycles. The summed E-state index contributed by atoms with van der Waals surface area (Å²) in [4.78, 5) is 47.9. The van der Waals surface area contributed by atoms with Gasteiger partial charge in [-0.05, 0) is 18.2 Å². The van der Waals surface area contributed by atoms with Gasteiger partial charge in [-0.1, -0.05) is 6.92 Å². The molecule has 1 aromatic heterocycles. The Kier molecular flexibility index (Phi) is 4.21. The van der Waals surface area contributed by atoms with Crippen molar-refractivity contribution in [3.8, 4) is 11.4 Å². The van der Waals surface area contributed by atoms with E-state index in [1.807, 2.05) is 0 Å². The van der Waals surface area contributed by atoms with Crippen molar-refractivity contribution in [3.63, 3.8) is 0 Å². The number of nitrogens with one attached hydrogen (secondary N) is 2. The largest absolute Gasteiger partial charge is 0.495 e. The summed E-state index contributed by atoms with van der Waals surface area (Å²) in [5, 5.41) is 4.78. The lowest BCUT2D eigenvalue weighted by Crippen LogP contribution is -2.24. The topological polar surface area (TPSA) is 133 Å². The van der Waals surface area contributed by atoms with Gasteiger partial charge in [-0.2, -0.15) is 0 Å². The minimum atomic E-state index is -0.675. The quantitative estimate of drug-likeness (QED) is 0.689. The Bertz CT molecular complexity index is 1010. The SMILES string of the molecule is CCC(=O)Nc1ccc(OC)c(-n2c(N)c3c(cc2=O)C(=O)NC3=O)c1. The number of aromatic nitrogens is 1. The smallest absolute Gasteiger partial charge is 0.262 e. The van der Waals surface area contributed by atoms with Crippen molar-refractivity contribution in [1.82, 2.24) is 9.88 Å². The van der Waals surface area contributed by atoms with Gasteiger partial charge >= 0.3 is 0 Å². The summed E-state index contributed by atoms with van der Waals surface area (Å²) in [6, 6.07) is 5.72. The number of ether oxygens (including phenoxy) is 1. The molecule has 0 bridgehead atoms. The summed E-state index contributed by atoms with van der Waals surface area (Å²) >= 11 is 0. The standard InChI is InChI=1S/C17H16N4O5/c1-3-12(22)19-8-4-5-11(26-2)10(6-8)21-13(23)7-9-14(15(21)18)17(25)20-16(9)24/h4-7H,3,18H2,1-2H3,(H,19,22)(H,20,24,25). The number of nitrogen functional groups attached to an aromatic ring is 1. The molecule has 1 aromatic carbocycles. The van der Waals surface area contributed by atoms with Crippen molar-refractivity contribution >= 4 is 29.2 Å². The Labute approximate surface area is 147 Å². The summed E-state index contributed by atoms with van der Waals surface area (Å²) in [5.41, 5.74) is 5.95. The van der Waals surface area contributed by atoms with Crippen LogP contribution >= 0.6 is 0 Å². The zero-order valence-corrected chi connectivity index (χ0v) is 14.1. The number of rotatable bonds is 4. The minimum Gasteiger partial charge on any atom is -0.495 e. The van der Waals surface area contributed by atoms with E-state index in [4.69, 9.17) is 10.5 Å². The van der Waals surface area contributed by atoms with Crippen LogP contribution in [0, 0.1) is 0 Å². The number of carbonyl (C=O) groups is 3. The van der Waals surface area contributed by atoms with Crippen LogP contribution in [-0.2, 0) is 4.79 Å². The lowest BCUT2D eigenvalue weighted by molar-refractivity contribution is -0.115. The average molecular weight is 356 g/mol. The third-order valence-corrected chi connectivity index (χ3v) is 3.98. The van der Waals surface area contributed by atoms with Gasteiger partial charge in [-0.25, -0.2) is 0 Å². The number of nitrogens with zero attached hydrogens (tertiary/aromatic N) is 1. The zero-order valence-electron chi connectivity index (χ0n) is 14.1. The van der Waals surface area contributed by atoms with Crippen LogP contribution in [0.1, 0.15) is 34.1 Å². The highest BCUT2D eigenvalue weighted by Crippen LogP contribution is 2.30. The van der Waals surface area contributed by atoms with Gasteiger partial charge in [-0.15, -0.1) is 0 Å². The molecular weight excluding hydrogens is 340 g/mol. The van der Waals surface area contributed by atoms with Crippen molar-refractivity contribution in [3.05, 3.63) is 45.7 Å². The highest BCUT2D eigenvalue weighted by atomic mass is 16.5. The lowest BCUT2D eigenvalue weighted by Gasteiger charge is -2.16. The van der Waals surface area contributed by atoms with E-state index < -0.39 is 17.4 Å². The van der Waals surface area contributed by atoms with Gasteiger partial charge in [0.25, 0.3) is 17.4 Å². The van der Waals surface area contributed by atoms with Crippen LogP contribution in [-0.4, -0.2) is 29.4 Å². The van der Waals surface area contributed by atoms with E-state index in [-0.39, 0.29) is 35.0 Å². The van der Waals surface area contributed by atoms with Crippen LogP contribution in [0.15, 0.2) is 29.1 Å². The van der Waals surface area contributed by atoms with Crippen LogP contribution in [0.5, 0.6) is 5.75 Å². The Morgan fingerprint density at radius 1 is 1.23 bits per heavy atom. The van der Waals surface area contributed by atoms with Gasteiger partial charge in [0.15, 0.2) is 0 Å². The first-order valence-corrected chi connectivity index (χ1v) is 7.76. The number of nitrogens with two attached hydrogens (primary N) is 1.